The molecular formula is C17H25FN2O3. The molecule has 0 radical (unpaired) electrons. The van der Waals surface area contributed by atoms with Gasteiger partial charge in [-0.25, -0.2) is 9.18 Å². The molecule has 2 atom stereocenters. The van der Waals surface area contributed by atoms with E-state index in [0.29, 0.717) is 5.56 Å². The minimum absolute atomic E-state index is 0.0984. The number of carbonyl (C=O) groups excluding carboxylic acids is 1. The third-order valence-electron chi connectivity index (χ3n) is 3.63. The Bertz CT molecular complexity index is 569. The first-order valence-electron chi connectivity index (χ1n) is 7.52. The molecule has 2 unspecified atom stereocenters. The summed E-state index contributed by atoms with van der Waals surface area (Å²) >= 11 is 0. The van der Waals surface area contributed by atoms with Gasteiger partial charge in [0.1, 0.15) is 5.82 Å². The van der Waals surface area contributed by atoms with Crippen LogP contribution < -0.4 is 5.32 Å². The van der Waals surface area contributed by atoms with Crippen LogP contribution >= 0.6 is 0 Å². The molecule has 0 aliphatic carbocycles. The Morgan fingerprint density at radius 2 is 1.96 bits per heavy atom. The Morgan fingerprint density at radius 3 is 2.43 bits per heavy atom. The molecule has 0 aliphatic heterocycles. The molecule has 128 valence electrons. The van der Waals surface area contributed by atoms with Crippen molar-refractivity contribution in [3.63, 3.8) is 0 Å². The Hall–Kier alpha value is -2.11. The van der Waals surface area contributed by atoms with Crippen LogP contribution in [0.3, 0.4) is 0 Å². The molecule has 0 aromatic heterocycles. The van der Waals surface area contributed by atoms with E-state index in [0.717, 1.165) is 0 Å². The van der Waals surface area contributed by atoms with Crippen molar-refractivity contribution in [2.75, 3.05) is 13.6 Å². The number of urea groups is 1. The number of halogens is 1. The first-order chi connectivity index (χ1) is 10.5. The van der Waals surface area contributed by atoms with E-state index in [1.54, 1.807) is 26.1 Å². The second-order valence-corrected chi connectivity index (χ2v) is 6.92. The molecule has 1 aromatic carbocycles. The van der Waals surface area contributed by atoms with Crippen molar-refractivity contribution in [1.82, 2.24) is 10.2 Å². The monoisotopic (exact) mass is 324 g/mol. The minimum atomic E-state index is -0.956. The van der Waals surface area contributed by atoms with Crippen molar-refractivity contribution in [1.29, 1.82) is 0 Å². The number of nitrogens with zero attached hydrogens (tertiary/aromatic N) is 1. The zero-order valence-electron chi connectivity index (χ0n) is 14.3. The van der Waals surface area contributed by atoms with E-state index >= 15 is 0 Å². The fraction of sp³-hybridized carbons (Fsp3) is 0.529. The second-order valence-electron chi connectivity index (χ2n) is 6.92. The topological polar surface area (TPSA) is 69.6 Å². The maximum absolute atomic E-state index is 13.5. The van der Waals surface area contributed by atoms with Crippen LogP contribution in [0, 0.1) is 17.2 Å². The summed E-state index contributed by atoms with van der Waals surface area (Å²) in [6.45, 7) is 7.48. The standard InChI is InChI=1S/C17H25FN2O3/c1-11(15(21)22)10-20(5)16(23)19-14(17(2,3)4)12-7-6-8-13(18)9-12/h6-9,11,14H,10H2,1-5H3,(H,19,23)(H,21,22). The molecule has 0 spiro atoms. The van der Waals surface area contributed by atoms with Crippen LogP contribution in [0.2, 0.25) is 0 Å². The lowest BCUT2D eigenvalue weighted by Crippen LogP contribution is -2.45. The van der Waals surface area contributed by atoms with E-state index in [1.165, 1.54) is 17.0 Å². The Kier molecular flexibility index (Phi) is 6.12. The van der Waals surface area contributed by atoms with Crippen molar-refractivity contribution in [2.24, 2.45) is 11.3 Å². The van der Waals surface area contributed by atoms with Crippen molar-refractivity contribution < 1.29 is 19.1 Å². The molecule has 23 heavy (non-hydrogen) atoms. The van der Waals surface area contributed by atoms with E-state index in [-0.39, 0.29) is 23.8 Å². The van der Waals surface area contributed by atoms with Crippen LogP contribution in [0.1, 0.15) is 39.3 Å². The molecule has 0 fully saturated rings. The number of hydrogen-bond acceptors (Lipinski definition) is 2. The lowest BCUT2D eigenvalue weighted by Gasteiger charge is -2.33. The fourth-order valence-corrected chi connectivity index (χ4v) is 2.29. The summed E-state index contributed by atoms with van der Waals surface area (Å²) in [5.41, 5.74) is 0.341. The maximum Gasteiger partial charge on any atom is 0.317 e. The normalized spacial score (nSPS) is 14.0. The molecule has 1 aromatic rings. The van der Waals surface area contributed by atoms with Crippen molar-refractivity contribution in [3.05, 3.63) is 35.6 Å². The quantitative estimate of drug-likeness (QED) is 0.873. The largest absolute Gasteiger partial charge is 0.481 e. The van der Waals surface area contributed by atoms with Gasteiger partial charge in [0.05, 0.1) is 12.0 Å². The summed E-state index contributed by atoms with van der Waals surface area (Å²) in [5.74, 6) is -1.98. The van der Waals surface area contributed by atoms with E-state index in [2.05, 4.69) is 5.32 Å². The van der Waals surface area contributed by atoms with Crippen molar-refractivity contribution >= 4 is 12.0 Å². The summed E-state index contributed by atoms with van der Waals surface area (Å²) in [5, 5.41) is 11.8. The first-order valence-corrected chi connectivity index (χ1v) is 7.52. The van der Waals surface area contributed by atoms with Gasteiger partial charge in [-0.05, 0) is 23.1 Å². The van der Waals surface area contributed by atoms with Gasteiger partial charge < -0.3 is 15.3 Å². The molecule has 1 rings (SSSR count). The summed E-state index contributed by atoms with van der Waals surface area (Å²) in [7, 11) is 1.54. The number of benzene rings is 1. The average Bonchev–Trinajstić information content (AvgIpc) is 2.42. The summed E-state index contributed by atoms with van der Waals surface area (Å²) < 4.78 is 13.5. The second kappa shape index (κ2) is 7.44. The highest BCUT2D eigenvalue weighted by Crippen LogP contribution is 2.33. The van der Waals surface area contributed by atoms with Gasteiger partial charge >= 0.3 is 12.0 Å². The highest BCUT2D eigenvalue weighted by molar-refractivity contribution is 5.76. The summed E-state index contributed by atoms with van der Waals surface area (Å²) in [4.78, 5) is 24.6. The van der Waals surface area contributed by atoms with Crippen molar-refractivity contribution in [3.8, 4) is 0 Å². The number of carboxylic acids is 1. The number of aliphatic carboxylic acids is 1. The third-order valence-corrected chi connectivity index (χ3v) is 3.63. The molecular weight excluding hydrogens is 299 g/mol. The number of hydrogen-bond donors (Lipinski definition) is 2. The molecule has 0 bridgehead atoms. The minimum Gasteiger partial charge on any atom is -0.481 e. The Morgan fingerprint density at radius 1 is 1.35 bits per heavy atom. The molecule has 0 saturated carbocycles. The van der Waals surface area contributed by atoms with Gasteiger partial charge in [0.25, 0.3) is 0 Å². The van der Waals surface area contributed by atoms with Gasteiger partial charge in [-0.2, -0.15) is 0 Å². The van der Waals surface area contributed by atoms with Gasteiger partial charge in [-0.3, -0.25) is 4.79 Å². The van der Waals surface area contributed by atoms with Crippen LogP contribution in [0.5, 0.6) is 0 Å². The fourth-order valence-electron chi connectivity index (χ4n) is 2.29. The van der Waals surface area contributed by atoms with Gasteiger partial charge in [0.2, 0.25) is 0 Å². The highest BCUT2D eigenvalue weighted by Gasteiger charge is 2.29. The average molecular weight is 324 g/mol. The SMILES string of the molecule is CC(CN(C)C(=O)NC(c1cccc(F)c1)C(C)(C)C)C(=O)O. The molecule has 2 amide bonds. The predicted molar refractivity (Wildman–Crippen MR) is 86.6 cm³/mol. The molecule has 5 nitrogen and oxygen atoms in total. The van der Waals surface area contributed by atoms with Crippen molar-refractivity contribution in [2.45, 2.75) is 33.7 Å². The number of carbonyl (C=O) groups is 2. The van der Waals surface area contributed by atoms with E-state index in [9.17, 15) is 14.0 Å². The van der Waals surface area contributed by atoms with Gasteiger partial charge in [-0.1, -0.05) is 39.8 Å². The zero-order chi connectivity index (χ0) is 17.8. The lowest BCUT2D eigenvalue weighted by molar-refractivity contribution is -0.141. The van der Waals surface area contributed by atoms with Gasteiger partial charge in [-0.15, -0.1) is 0 Å². The molecule has 0 saturated heterocycles. The predicted octanol–water partition coefficient (Wildman–Crippen LogP) is 3.28. The summed E-state index contributed by atoms with van der Waals surface area (Å²) in [6.07, 6.45) is 0. The van der Waals surface area contributed by atoms with Gasteiger partial charge in [0, 0.05) is 13.6 Å². The van der Waals surface area contributed by atoms with Crippen LogP contribution in [0.25, 0.3) is 0 Å². The molecule has 0 aliphatic rings. The number of carboxylic acid groups (broad SMARTS) is 1. The van der Waals surface area contributed by atoms with Crippen LogP contribution in [0.15, 0.2) is 24.3 Å². The van der Waals surface area contributed by atoms with E-state index in [1.807, 2.05) is 20.8 Å². The Balaban J connectivity index is 2.90. The Labute approximate surface area is 136 Å². The summed E-state index contributed by atoms with van der Waals surface area (Å²) in [6, 6.07) is 5.34. The van der Waals surface area contributed by atoms with Gasteiger partial charge in [0.15, 0.2) is 0 Å². The molecule has 0 heterocycles. The van der Waals surface area contributed by atoms with Crippen LogP contribution in [-0.2, 0) is 4.79 Å². The third kappa shape index (κ3) is 5.54. The zero-order valence-corrected chi connectivity index (χ0v) is 14.3. The van der Waals surface area contributed by atoms with E-state index in [4.69, 9.17) is 5.11 Å². The molecule has 6 heteroatoms. The number of nitrogens with one attached hydrogen (secondary N) is 1. The smallest absolute Gasteiger partial charge is 0.317 e. The highest BCUT2D eigenvalue weighted by atomic mass is 19.1. The van der Waals surface area contributed by atoms with Crippen LogP contribution in [-0.4, -0.2) is 35.6 Å². The lowest BCUT2D eigenvalue weighted by atomic mass is 9.82. The van der Waals surface area contributed by atoms with Crippen LogP contribution in [0.4, 0.5) is 9.18 Å². The number of rotatable bonds is 5. The maximum atomic E-state index is 13.5. The first kappa shape index (κ1) is 18.9. The van der Waals surface area contributed by atoms with E-state index < -0.39 is 17.9 Å². The molecule has 2 N–H and O–H groups in total. The number of amides is 2.